The molecule has 10 heteroatoms. The lowest BCUT2D eigenvalue weighted by Gasteiger charge is -2.59. The minimum absolute atomic E-state index is 0.0552. The zero-order valence-corrected chi connectivity index (χ0v) is 15.6. The normalized spacial score (nSPS) is 28.3. The smallest absolute Gasteiger partial charge is 0.377 e. The van der Waals surface area contributed by atoms with E-state index in [1.54, 1.807) is 12.7 Å². The second-order valence-corrected chi connectivity index (χ2v) is 9.06. The Hall–Kier alpha value is -1.84. The molecule has 0 radical (unpaired) electrons. The summed E-state index contributed by atoms with van der Waals surface area (Å²) < 4.78 is 46.4. The van der Waals surface area contributed by atoms with Crippen molar-refractivity contribution in [2.45, 2.75) is 50.4 Å². The lowest BCUT2D eigenvalue weighted by Crippen LogP contribution is -2.67. The van der Waals surface area contributed by atoms with Gasteiger partial charge in [0, 0.05) is 31.6 Å². The molecule has 4 fully saturated rings. The van der Waals surface area contributed by atoms with E-state index in [9.17, 15) is 18.0 Å². The fourth-order valence-electron chi connectivity index (χ4n) is 4.87. The highest BCUT2D eigenvalue weighted by Crippen LogP contribution is 2.59. The van der Waals surface area contributed by atoms with Crippen molar-refractivity contribution in [1.82, 2.24) is 24.6 Å². The molecular formula is C18H24F3N5O2. The topological polar surface area (TPSA) is 63.5 Å². The van der Waals surface area contributed by atoms with E-state index < -0.39 is 11.6 Å². The highest BCUT2D eigenvalue weighted by Gasteiger charge is 2.64. The summed E-state index contributed by atoms with van der Waals surface area (Å²) in [5.41, 5.74) is -1.53. The van der Waals surface area contributed by atoms with E-state index in [0.29, 0.717) is 19.6 Å². The van der Waals surface area contributed by atoms with Crippen LogP contribution >= 0.6 is 0 Å². The maximum Gasteiger partial charge on any atom is 0.396 e. The van der Waals surface area contributed by atoms with E-state index in [-0.39, 0.29) is 43.0 Å². The van der Waals surface area contributed by atoms with Crippen LogP contribution in [0, 0.1) is 10.8 Å². The Labute approximate surface area is 160 Å². The van der Waals surface area contributed by atoms with Crippen LogP contribution in [0.5, 0.6) is 0 Å². The number of rotatable bonds is 4. The first-order chi connectivity index (χ1) is 13.3. The molecule has 3 heterocycles. The number of alkyl halides is 3. The maximum atomic E-state index is 13.0. The molecule has 2 aliphatic carbocycles. The second-order valence-electron chi connectivity index (χ2n) is 9.06. The Bertz CT molecular complexity index is 735. The number of nitrogens with zero attached hydrogens (tertiary/aromatic N) is 5. The summed E-state index contributed by atoms with van der Waals surface area (Å²) in [4.78, 5) is 16.4. The third kappa shape index (κ3) is 2.96. The lowest BCUT2D eigenvalue weighted by atomic mass is 9.62. The first kappa shape index (κ1) is 18.2. The predicted octanol–water partition coefficient (Wildman–Crippen LogP) is 2.47. The van der Waals surface area contributed by atoms with Crippen LogP contribution in [0.4, 0.5) is 18.0 Å². The van der Waals surface area contributed by atoms with Gasteiger partial charge in [0.15, 0.2) is 0 Å². The molecule has 2 aliphatic heterocycles. The standard InChI is InChI=1S/C18H24F3N5O2/c19-18(20,21)17(2-3-17)10-28-14-5-16(6-14)8-25(9-16)15(27)24-4-1-13(7-24)26-11-22-23-12-26/h11-14H,1-10H2/t13-/m0/s1. The number of hydrogen-bond acceptors (Lipinski definition) is 4. The largest absolute Gasteiger partial charge is 0.396 e. The van der Waals surface area contributed by atoms with Gasteiger partial charge in [-0.25, -0.2) is 4.79 Å². The first-order valence-corrected chi connectivity index (χ1v) is 9.86. The molecule has 7 nitrogen and oxygen atoms in total. The molecule has 5 rings (SSSR count). The number of ether oxygens (including phenoxy) is 1. The van der Waals surface area contributed by atoms with Gasteiger partial charge in [0.2, 0.25) is 0 Å². The Balaban J connectivity index is 1.05. The summed E-state index contributed by atoms with van der Waals surface area (Å²) in [7, 11) is 0. The number of likely N-dealkylation sites (tertiary alicyclic amines) is 2. The summed E-state index contributed by atoms with van der Waals surface area (Å²) in [5.74, 6) is 0. The van der Waals surface area contributed by atoms with E-state index in [1.165, 1.54) is 0 Å². The minimum atomic E-state index is -4.16. The van der Waals surface area contributed by atoms with Gasteiger partial charge in [-0.2, -0.15) is 13.2 Å². The molecule has 28 heavy (non-hydrogen) atoms. The molecule has 0 bridgehead atoms. The second kappa shape index (κ2) is 6.08. The highest BCUT2D eigenvalue weighted by atomic mass is 19.4. The fraction of sp³-hybridized carbons (Fsp3) is 0.833. The van der Waals surface area contributed by atoms with Crippen LogP contribution in [-0.4, -0.2) is 75.7 Å². The van der Waals surface area contributed by atoms with Crippen molar-refractivity contribution in [3.63, 3.8) is 0 Å². The number of carbonyl (C=O) groups excluding carboxylic acids is 1. The summed E-state index contributed by atoms with van der Waals surface area (Å²) in [6.45, 7) is 2.54. The van der Waals surface area contributed by atoms with Gasteiger partial charge in [-0.05, 0) is 32.1 Å². The van der Waals surface area contributed by atoms with Gasteiger partial charge in [0.1, 0.15) is 12.7 Å². The molecule has 2 amide bonds. The van der Waals surface area contributed by atoms with E-state index in [1.807, 2.05) is 14.4 Å². The van der Waals surface area contributed by atoms with Gasteiger partial charge in [0.05, 0.1) is 24.2 Å². The number of hydrogen-bond donors (Lipinski definition) is 0. The number of amides is 2. The van der Waals surface area contributed by atoms with Crippen LogP contribution < -0.4 is 0 Å². The minimum Gasteiger partial charge on any atom is -0.377 e. The SMILES string of the molecule is O=C(N1CC[C@H](n2cnnc2)C1)N1CC2(CC(OCC3(C(F)(F)F)CC3)C2)C1. The molecule has 0 unspecified atom stereocenters. The molecular weight excluding hydrogens is 375 g/mol. The van der Waals surface area contributed by atoms with Crippen LogP contribution in [-0.2, 0) is 4.74 Å². The van der Waals surface area contributed by atoms with Gasteiger partial charge < -0.3 is 19.1 Å². The van der Waals surface area contributed by atoms with E-state index >= 15 is 0 Å². The van der Waals surface area contributed by atoms with E-state index in [0.717, 1.165) is 25.8 Å². The Morgan fingerprint density at radius 3 is 2.43 bits per heavy atom. The zero-order valence-electron chi connectivity index (χ0n) is 15.6. The van der Waals surface area contributed by atoms with Gasteiger partial charge in [0.25, 0.3) is 0 Å². The molecule has 1 atom stereocenters. The molecule has 4 aliphatic rings. The average Bonchev–Trinajstić information content (AvgIpc) is 3.00. The van der Waals surface area contributed by atoms with Crippen LogP contribution in [0.15, 0.2) is 12.7 Å². The van der Waals surface area contributed by atoms with E-state index in [4.69, 9.17) is 4.74 Å². The van der Waals surface area contributed by atoms with Crippen LogP contribution in [0.25, 0.3) is 0 Å². The van der Waals surface area contributed by atoms with Crippen LogP contribution in [0.2, 0.25) is 0 Å². The van der Waals surface area contributed by atoms with Crippen molar-refractivity contribution in [2.24, 2.45) is 10.8 Å². The maximum absolute atomic E-state index is 13.0. The zero-order chi connectivity index (χ0) is 19.6. The highest BCUT2D eigenvalue weighted by molar-refractivity contribution is 5.76. The third-order valence-electron chi connectivity index (χ3n) is 6.99. The molecule has 2 saturated carbocycles. The molecule has 0 aromatic carbocycles. The summed E-state index contributed by atoms with van der Waals surface area (Å²) in [6, 6.07) is 0.277. The fourth-order valence-corrected chi connectivity index (χ4v) is 4.87. The molecule has 1 spiro atoms. The Morgan fingerprint density at radius 2 is 1.82 bits per heavy atom. The summed E-state index contributed by atoms with van der Waals surface area (Å²) in [6.07, 6.45) is 1.87. The molecule has 1 aromatic rings. The monoisotopic (exact) mass is 399 g/mol. The Morgan fingerprint density at radius 1 is 1.14 bits per heavy atom. The quantitative estimate of drug-likeness (QED) is 0.780. The first-order valence-electron chi connectivity index (χ1n) is 9.86. The van der Waals surface area contributed by atoms with Gasteiger partial charge in [-0.15, -0.1) is 10.2 Å². The number of aromatic nitrogens is 3. The third-order valence-corrected chi connectivity index (χ3v) is 6.99. The van der Waals surface area contributed by atoms with Crippen molar-refractivity contribution in [1.29, 1.82) is 0 Å². The number of halogens is 3. The molecule has 0 N–H and O–H groups in total. The van der Waals surface area contributed by atoms with Crippen molar-refractivity contribution < 1.29 is 22.7 Å². The average molecular weight is 399 g/mol. The predicted molar refractivity (Wildman–Crippen MR) is 91.3 cm³/mol. The molecule has 2 saturated heterocycles. The molecule has 154 valence electrons. The Kier molecular flexibility index (Phi) is 3.95. The van der Waals surface area contributed by atoms with Gasteiger partial charge in [-0.3, -0.25) is 0 Å². The van der Waals surface area contributed by atoms with Gasteiger partial charge in [-0.1, -0.05) is 0 Å². The van der Waals surface area contributed by atoms with Crippen LogP contribution in [0.1, 0.15) is 38.1 Å². The number of carbonyl (C=O) groups is 1. The van der Waals surface area contributed by atoms with Crippen molar-refractivity contribution >= 4 is 6.03 Å². The van der Waals surface area contributed by atoms with E-state index in [2.05, 4.69) is 10.2 Å². The summed E-state index contributed by atoms with van der Waals surface area (Å²) in [5, 5.41) is 7.63. The van der Waals surface area contributed by atoms with Crippen molar-refractivity contribution in [2.75, 3.05) is 32.8 Å². The summed E-state index contributed by atoms with van der Waals surface area (Å²) >= 11 is 0. The van der Waals surface area contributed by atoms with Crippen molar-refractivity contribution in [3.05, 3.63) is 12.7 Å². The lowest BCUT2D eigenvalue weighted by molar-refractivity contribution is -0.219. The van der Waals surface area contributed by atoms with Gasteiger partial charge >= 0.3 is 12.2 Å². The number of urea groups is 1. The van der Waals surface area contributed by atoms with Crippen LogP contribution in [0.3, 0.4) is 0 Å². The molecule has 1 aromatic heterocycles. The van der Waals surface area contributed by atoms with Crippen molar-refractivity contribution in [3.8, 4) is 0 Å².